The molecule has 0 aromatic heterocycles. The van der Waals surface area contributed by atoms with Crippen molar-refractivity contribution in [3.05, 3.63) is 59.7 Å². The molecule has 1 aliphatic carbocycles. The normalized spacial score (nSPS) is 15.3. The average molecular weight is 361 g/mol. The van der Waals surface area contributed by atoms with Crippen molar-refractivity contribution in [2.75, 3.05) is 6.61 Å². The second-order valence-electron chi connectivity index (χ2n) is 6.31. The van der Waals surface area contributed by atoms with E-state index in [1.807, 2.05) is 48.5 Å². The van der Waals surface area contributed by atoms with Crippen LogP contribution in [-0.2, 0) is 4.74 Å². The number of rotatable bonds is 6. The van der Waals surface area contributed by atoms with E-state index < -0.39 is 24.7 Å². The van der Waals surface area contributed by atoms with Crippen LogP contribution in [0.25, 0.3) is 11.1 Å². The third-order valence-electron chi connectivity index (χ3n) is 4.76. The predicted octanol–water partition coefficient (Wildman–Crippen LogP) is 3.93. The summed E-state index contributed by atoms with van der Waals surface area (Å²) in [6.45, 7) is 1.71. The Balaban J connectivity index is 1.69. The zero-order chi connectivity index (χ0) is 18.7. The molecule has 2 unspecified atom stereocenters. The SMILES string of the molecule is CCC(NC(=O)OCC1c2ccccc2-c2ccccc21)C(O)C(F)F. The van der Waals surface area contributed by atoms with Gasteiger partial charge in [-0.05, 0) is 28.7 Å². The third kappa shape index (κ3) is 3.55. The van der Waals surface area contributed by atoms with Gasteiger partial charge >= 0.3 is 6.09 Å². The van der Waals surface area contributed by atoms with Crippen LogP contribution in [-0.4, -0.2) is 36.4 Å². The molecule has 0 fully saturated rings. The van der Waals surface area contributed by atoms with Gasteiger partial charge in [0.1, 0.15) is 12.7 Å². The molecule has 26 heavy (non-hydrogen) atoms. The molecule has 3 rings (SSSR count). The van der Waals surface area contributed by atoms with Crippen molar-refractivity contribution in [2.24, 2.45) is 0 Å². The Labute approximate surface area is 150 Å². The lowest BCUT2D eigenvalue weighted by atomic mass is 9.98. The van der Waals surface area contributed by atoms with Crippen molar-refractivity contribution in [3.8, 4) is 11.1 Å². The van der Waals surface area contributed by atoms with E-state index in [4.69, 9.17) is 4.74 Å². The highest BCUT2D eigenvalue weighted by atomic mass is 19.3. The predicted molar refractivity (Wildman–Crippen MR) is 94.3 cm³/mol. The van der Waals surface area contributed by atoms with Crippen LogP contribution >= 0.6 is 0 Å². The first-order valence-corrected chi connectivity index (χ1v) is 8.60. The smallest absolute Gasteiger partial charge is 0.407 e. The van der Waals surface area contributed by atoms with Crippen molar-refractivity contribution >= 4 is 6.09 Å². The monoisotopic (exact) mass is 361 g/mol. The fourth-order valence-corrected chi connectivity index (χ4v) is 3.40. The van der Waals surface area contributed by atoms with E-state index in [2.05, 4.69) is 5.32 Å². The molecular formula is C20H21F2NO3. The van der Waals surface area contributed by atoms with Crippen LogP contribution in [0.2, 0.25) is 0 Å². The summed E-state index contributed by atoms with van der Waals surface area (Å²) in [6, 6.07) is 14.8. The summed E-state index contributed by atoms with van der Waals surface area (Å²) in [4.78, 5) is 12.0. The fourth-order valence-electron chi connectivity index (χ4n) is 3.40. The maximum atomic E-state index is 12.6. The lowest BCUT2D eigenvalue weighted by Gasteiger charge is -2.22. The summed E-state index contributed by atoms with van der Waals surface area (Å²) in [6.07, 6.45) is -5.47. The number of alkyl carbamates (subject to hydrolysis) is 1. The minimum absolute atomic E-state index is 0.0983. The lowest BCUT2D eigenvalue weighted by molar-refractivity contribution is -0.0263. The molecule has 138 valence electrons. The Bertz CT molecular complexity index is 736. The van der Waals surface area contributed by atoms with Gasteiger partial charge in [0.15, 0.2) is 0 Å². The van der Waals surface area contributed by atoms with Crippen LogP contribution in [0, 0.1) is 0 Å². The first kappa shape index (κ1) is 18.3. The Morgan fingerprint density at radius 3 is 2.15 bits per heavy atom. The largest absolute Gasteiger partial charge is 0.449 e. The number of aliphatic hydroxyl groups is 1. The molecule has 0 spiro atoms. The highest BCUT2D eigenvalue weighted by molar-refractivity contribution is 5.79. The minimum atomic E-state index is -2.92. The zero-order valence-corrected chi connectivity index (χ0v) is 14.4. The van der Waals surface area contributed by atoms with Crippen LogP contribution in [0.1, 0.15) is 30.4 Å². The van der Waals surface area contributed by atoms with Crippen LogP contribution in [0.5, 0.6) is 0 Å². The van der Waals surface area contributed by atoms with Gasteiger partial charge in [-0.2, -0.15) is 0 Å². The van der Waals surface area contributed by atoms with Gasteiger partial charge in [0.25, 0.3) is 6.43 Å². The van der Waals surface area contributed by atoms with Gasteiger partial charge in [-0.15, -0.1) is 0 Å². The number of nitrogens with one attached hydrogen (secondary N) is 1. The quantitative estimate of drug-likeness (QED) is 0.820. The molecule has 0 saturated carbocycles. The molecule has 2 aromatic rings. The van der Waals surface area contributed by atoms with Gasteiger partial charge in [-0.1, -0.05) is 55.5 Å². The van der Waals surface area contributed by atoms with Gasteiger partial charge in [0, 0.05) is 5.92 Å². The average Bonchev–Trinajstić information content (AvgIpc) is 2.98. The number of ether oxygens (including phenoxy) is 1. The Kier molecular flexibility index (Phi) is 5.52. The number of carbonyl (C=O) groups excluding carboxylic acids is 1. The third-order valence-corrected chi connectivity index (χ3v) is 4.76. The number of hydrogen-bond donors (Lipinski definition) is 2. The second-order valence-corrected chi connectivity index (χ2v) is 6.31. The zero-order valence-electron chi connectivity index (χ0n) is 14.4. The van der Waals surface area contributed by atoms with Crippen LogP contribution in [0.3, 0.4) is 0 Å². The molecule has 0 radical (unpaired) electrons. The highest BCUT2D eigenvalue weighted by Crippen LogP contribution is 2.44. The van der Waals surface area contributed by atoms with E-state index in [1.54, 1.807) is 6.92 Å². The molecule has 2 N–H and O–H groups in total. The van der Waals surface area contributed by atoms with Crippen LogP contribution in [0.15, 0.2) is 48.5 Å². The molecule has 0 saturated heterocycles. The lowest BCUT2D eigenvalue weighted by Crippen LogP contribution is -2.46. The molecular weight excluding hydrogens is 340 g/mol. The van der Waals surface area contributed by atoms with Crippen molar-refractivity contribution in [3.63, 3.8) is 0 Å². The molecule has 1 aliphatic rings. The van der Waals surface area contributed by atoms with Gasteiger partial charge < -0.3 is 15.2 Å². The fraction of sp³-hybridized carbons (Fsp3) is 0.350. The standard InChI is InChI=1S/C20H21F2NO3/c1-2-17(18(24)19(21)22)23-20(25)26-11-16-14-9-5-3-7-12(14)13-8-4-6-10-15(13)16/h3-10,16-19,24H,2,11H2,1H3,(H,23,25). The number of amides is 1. The number of fused-ring (bicyclic) bond motifs is 3. The van der Waals surface area contributed by atoms with E-state index in [1.165, 1.54) is 0 Å². The van der Waals surface area contributed by atoms with E-state index >= 15 is 0 Å². The molecule has 4 nitrogen and oxygen atoms in total. The molecule has 6 heteroatoms. The first-order chi connectivity index (χ1) is 12.5. The molecule has 2 aromatic carbocycles. The summed E-state index contributed by atoms with van der Waals surface area (Å²) in [5.74, 6) is -0.103. The maximum absolute atomic E-state index is 12.6. The second kappa shape index (κ2) is 7.83. The summed E-state index contributed by atoms with van der Waals surface area (Å²) in [7, 11) is 0. The Morgan fingerprint density at radius 2 is 1.65 bits per heavy atom. The summed E-state index contributed by atoms with van der Waals surface area (Å²) >= 11 is 0. The summed E-state index contributed by atoms with van der Waals surface area (Å²) in [5, 5.41) is 11.8. The molecule has 1 amide bonds. The van der Waals surface area contributed by atoms with Crippen molar-refractivity contribution in [2.45, 2.75) is 37.8 Å². The highest BCUT2D eigenvalue weighted by Gasteiger charge is 2.31. The molecule has 0 heterocycles. The number of halogens is 2. The topological polar surface area (TPSA) is 58.6 Å². The van der Waals surface area contributed by atoms with E-state index in [-0.39, 0.29) is 18.9 Å². The van der Waals surface area contributed by atoms with E-state index in [0.29, 0.717) is 0 Å². The van der Waals surface area contributed by atoms with Gasteiger partial charge in [-0.3, -0.25) is 0 Å². The molecule has 0 aliphatic heterocycles. The number of hydrogen-bond acceptors (Lipinski definition) is 3. The van der Waals surface area contributed by atoms with Crippen molar-refractivity contribution in [1.29, 1.82) is 0 Å². The van der Waals surface area contributed by atoms with Gasteiger partial charge in [-0.25, -0.2) is 13.6 Å². The van der Waals surface area contributed by atoms with Gasteiger partial charge in [0.05, 0.1) is 6.04 Å². The van der Waals surface area contributed by atoms with Crippen LogP contribution < -0.4 is 5.32 Å². The van der Waals surface area contributed by atoms with Gasteiger partial charge in [0.2, 0.25) is 0 Å². The number of alkyl halides is 2. The summed E-state index contributed by atoms with van der Waals surface area (Å²) in [5.41, 5.74) is 4.36. The molecule has 0 bridgehead atoms. The van der Waals surface area contributed by atoms with E-state index in [0.717, 1.165) is 22.3 Å². The summed E-state index contributed by atoms with van der Waals surface area (Å²) < 4.78 is 30.6. The number of aliphatic hydroxyl groups excluding tert-OH is 1. The molecule has 2 atom stereocenters. The van der Waals surface area contributed by atoms with Crippen molar-refractivity contribution in [1.82, 2.24) is 5.32 Å². The minimum Gasteiger partial charge on any atom is -0.449 e. The Morgan fingerprint density at radius 1 is 1.12 bits per heavy atom. The number of carbonyl (C=O) groups is 1. The van der Waals surface area contributed by atoms with E-state index in [9.17, 15) is 18.7 Å². The van der Waals surface area contributed by atoms with Crippen molar-refractivity contribution < 1.29 is 23.4 Å². The maximum Gasteiger partial charge on any atom is 0.407 e. The Hall–Kier alpha value is -2.47. The number of benzene rings is 2. The first-order valence-electron chi connectivity index (χ1n) is 8.60. The van der Waals surface area contributed by atoms with Crippen LogP contribution in [0.4, 0.5) is 13.6 Å².